The maximum atomic E-state index is 14.1. The van der Waals surface area contributed by atoms with Crippen molar-refractivity contribution in [2.75, 3.05) is 4.90 Å². The fraction of sp³-hybridized carbons (Fsp3) is 0.351. The van der Waals surface area contributed by atoms with Crippen LogP contribution in [0.2, 0.25) is 11.3 Å². The van der Waals surface area contributed by atoms with Crippen molar-refractivity contribution in [1.82, 2.24) is 0 Å². The number of carbonyl (C=O) groups excluding carboxylic acids is 2. The van der Waals surface area contributed by atoms with Gasteiger partial charge < -0.3 is 14.8 Å². The summed E-state index contributed by atoms with van der Waals surface area (Å²) in [6, 6.07) is 14.8. The van der Waals surface area contributed by atoms with E-state index in [4.69, 9.17) is 16.3 Å². The second-order valence-electron chi connectivity index (χ2n) is 13.4. The largest absolute Gasteiger partial charge is 0.508 e. The minimum atomic E-state index is -5.17. The molecule has 0 radical (unpaired) electrons. The van der Waals surface area contributed by atoms with Gasteiger partial charge in [-0.25, -0.2) is 4.90 Å². The highest BCUT2D eigenvalue weighted by Gasteiger charge is 2.58. The van der Waals surface area contributed by atoms with Gasteiger partial charge >= 0.3 is 19.5 Å². The first-order valence-corrected chi connectivity index (χ1v) is 16.8. The number of fused-ring (bicyclic) bond motifs is 3. The van der Waals surface area contributed by atoms with Crippen LogP contribution in [0.25, 0.3) is 11.6 Å². The SMILES string of the molecule is CC(C)C1=C2[C@@H](CC/C(=C/c3ccc(O)cc3Cl)c3ccccc3)OB(O)C[C@@H]2[C@@H]2C(=O)N(c3cc(C(F)(F)F)cc(C(F)(F)F)c3)C(=O)[C@@H]2C1. The number of nitrogens with zero attached hydrogens (tertiary/aromatic N) is 1. The number of benzene rings is 3. The summed E-state index contributed by atoms with van der Waals surface area (Å²) in [5, 5.41) is 21.1. The lowest BCUT2D eigenvalue weighted by molar-refractivity contribution is -0.143. The van der Waals surface area contributed by atoms with Gasteiger partial charge in [-0.3, -0.25) is 9.59 Å². The van der Waals surface area contributed by atoms with E-state index in [1.54, 1.807) is 6.07 Å². The zero-order valence-corrected chi connectivity index (χ0v) is 28.2. The van der Waals surface area contributed by atoms with Gasteiger partial charge in [0.25, 0.3) is 0 Å². The van der Waals surface area contributed by atoms with Gasteiger partial charge in [0, 0.05) is 0 Å². The van der Waals surface area contributed by atoms with Crippen molar-refractivity contribution in [2.45, 2.75) is 57.9 Å². The van der Waals surface area contributed by atoms with Gasteiger partial charge in [0.05, 0.1) is 39.8 Å². The molecule has 0 spiro atoms. The van der Waals surface area contributed by atoms with Crippen molar-refractivity contribution in [3.63, 3.8) is 0 Å². The Bertz CT molecular complexity index is 1880. The molecule has 2 aliphatic heterocycles. The number of halogens is 7. The number of imide groups is 1. The van der Waals surface area contributed by atoms with Crippen LogP contribution in [-0.4, -0.2) is 35.2 Å². The fourth-order valence-corrected chi connectivity index (χ4v) is 7.86. The molecule has 51 heavy (non-hydrogen) atoms. The van der Waals surface area contributed by atoms with Gasteiger partial charge in [0.2, 0.25) is 11.8 Å². The molecule has 0 aromatic heterocycles. The van der Waals surface area contributed by atoms with E-state index in [9.17, 15) is 46.1 Å². The lowest BCUT2D eigenvalue weighted by atomic mass is 9.57. The highest BCUT2D eigenvalue weighted by atomic mass is 35.5. The van der Waals surface area contributed by atoms with E-state index in [2.05, 4.69) is 0 Å². The molecule has 3 aromatic carbocycles. The number of rotatable bonds is 7. The molecule has 2 N–H and O–H groups in total. The molecule has 4 atom stereocenters. The molecule has 0 bridgehead atoms. The summed E-state index contributed by atoms with van der Waals surface area (Å²) in [6.07, 6.45) is -8.50. The maximum absolute atomic E-state index is 14.1. The topological polar surface area (TPSA) is 87.1 Å². The first-order chi connectivity index (χ1) is 23.9. The lowest BCUT2D eigenvalue weighted by Crippen LogP contribution is -2.46. The molecule has 6 rings (SSSR count). The minimum absolute atomic E-state index is 0.00478. The van der Waals surface area contributed by atoms with Gasteiger partial charge in [0.1, 0.15) is 5.75 Å². The van der Waals surface area contributed by atoms with Crippen LogP contribution in [0.15, 0.2) is 77.9 Å². The van der Waals surface area contributed by atoms with E-state index in [1.807, 2.05) is 50.3 Å². The molecule has 2 heterocycles. The Morgan fingerprint density at radius 1 is 0.961 bits per heavy atom. The lowest BCUT2D eigenvalue weighted by Gasteiger charge is -2.44. The van der Waals surface area contributed by atoms with Crippen molar-refractivity contribution < 1.29 is 50.7 Å². The van der Waals surface area contributed by atoms with Crippen LogP contribution < -0.4 is 4.90 Å². The van der Waals surface area contributed by atoms with E-state index in [0.29, 0.717) is 40.5 Å². The number of alkyl halides is 6. The van der Waals surface area contributed by atoms with Gasteiger partial charge in [-0.2, -0.15) is 26.3 Å². The quantitative estimate of drug-likeness (QED) is 0.0833. The average Bonchev–Trinajstić information content (AvgIpc) is 3.31. The van der Waals surface area contributed by atoms with E-state index < -0.39 is 72.0 Å². The number of amides is 2. The van der Waals surface area contributed by atoms with Crippen LogP contribution >= 0.6 is 11.6 Å². The Kier molecular flexibility index (Phi) is 9.95. The van der Waals surface area contributed by atoms with Crippen LogP contribution in [-0.2, 0) is 26.6 Å². The smallest absolute Gasteiger partial charge is 0.455 e. The van der Waals surface area contributed by atoms with Crippen LogP contribution in [0, 0.1) is 23.7 Å². The fourth-order valence-electron chi connectivity index (χ4n) is 7.63. The van der Waals surface area contributed by atoms with Gasteiger partial charge in [0.15, 0.2) is 0 Å². The predicted octanol–water partition coefficient (Wildman–Crippen LogP) is 9.06. The molecular weight excluding hydrogens is 699 g/mol. The molecule has 1 aliphatic carbocycles. The molecule has 6 nitrogen and oxygen atoms in total. The normalized spacial score (nSPS) is 22.9. The minimum Gasteiger partial charge on any atom is -0.508 e. The molecule has 0 saturated carbocycles. The second kappa shape index (κ2) is 13.8. The van der Waals surface area contributed by atoms with Gasteiger partial charge in [-0.05, 0) is 102 Å². The zero-order chi connectivity index (χ0) is 37.0. The van der Waals surface area contributed by atoms with Crippen molar-refractivity contribution in [1.29, 1.82) is 0 Å². The number of anilines is 1. The molecule has 268 valence electrons. The third-order valence-electron chi connectivity index (χ3n) is 9.91. The van der Waals surface area contributed by atoms with E-state index in [1.165, 1.54) is 12.1 Å². The van der Waals surface area contributed by atoms with Gasteiger partial charge in [-0.1, -0.05) is 61.4 Å². The third-order valence-corrected chi connectivity index (χ3v) is 10.2. The van der Waals surface area contributed by atoms with Crippen LogP contribution in [0.1, 0.15) is 55.4 Å². The summed E-state index contributed by atoms with van der Waals surface area (Å²) in [5.74, 6) is -4.87. The number of carbonyl (C=O) groups is 2. The summed E-state index contributed by atoms with van der Waals surface area (Å²) in [7, 11) is -1.35. The van der Waals surface area contributed by atoms with Gasteiger partial charge in [-0.15, -0.1) is 0 Å². The highest BCUT2D eigenvalue weighted by Crippen LogP contribution is 2.53. The summed E-state index contributed by atoms with van der Waals surface area (Å²) >= 11 is 6.42. The number of phenolic OH excluding ortho intramolecular Hbond substituents is 1. The number of hydrogen-bond donors (Lipinski definition) is 2. The van der Waals surface area contributed by atoms with Crippen molar-refractivity contribution in [2.24, 2.45) is 23.7 Å². The molecule has 2 amide bonds. The number of aromatic hydroxyl groups is 1. The van der Waals surface area contributed by atoms with Crippen molar-refractivity contribution >= 4 is 47.9 Å². The predicted molar refractivity (Wildman–Crippen MR) is 180 cm³/mol. The maximum Gasteiger partial charge on any atom is 0.455 e. The molecule has 2 saturated heterocycles. The number of allylic oxidation sites excluding steroid dienone is 2. The second-order valence-corrected chi connectivity index (χ2v) is 13.9. The summed E-state index contributed by atoms with van der Waals surface area (Å²) in [5.41, 5.74) is -0.179. The zero-order valence-electron chi connectivity index (χ0n) is 27.4. The van der Waals surface area contributed by atoms with E-state index >= 15 is 0 Å². The Hall–Kier alpha value is -4.07. The Morgan fingerprint density at radius 2 is 1.61 bits per heavy atom. The van der Waals surface area contributed by atoms with Crippen LogP contribution in [0.3, 0.4) is 0 Å². The number of hydrogen-bond acceptors (Lipinski definition) is 5. The Labute approximate surface area is 295 Å². The summed E-state index contributed by atoms with van der Waals surface area (Å²) in [6.45, 7) is 3.79. The molecule has 2 fully saturated rings. The van der Waals surface area contributed by atoms with Crippen LogP contribution in [0.4, 0.5) is 32.0 Å². The standard InChI is InChI=1S/C37H33BClF6NO5/c1-19(2)27-17-28-33(35(49)46(34(28)48)25-14-23(36(40,41)42)13-24(15-25)37(43,44)45)29-18-38(50)51-31(32(27)29)11-9-21(20-6-4-3-5-7-20)12-22-8-10-26(47)16-30(22)39/h3-8,10,12-16,19,28-29,31,33,47,50H,9,11,17-18H2,1-2H3/b21-12-/t28-,29+,31-,33-/m1/s1. The number of phenols is 1. The average molecular weight is 732 g/mol. The summed E-state index contributed by atoms with van der Waals surface area (Å²) in [4.78, 5) is 28.4. The van der Waals surface area contributed by atoms with Crippen molar-refractivity contribution in [3.8, 4) is 5.75 Å². The highest BCUT2D eigenvalue weighted by molar-refractivity contribution is 6.43. The van der Waals surface area contributed by atoms with Crippen molar-refractivity contribution in [3.05, 3.63) is 105 Å². The molecule has 0 unspecified atom stereocenters. The Morgan fingerprint density at radius 3 is 2.20 bits per heavy atom. The monoisotopic (exact) mass is 731 g/mol. The first kappa shape index (κ1) is 36.7. The summed E-state index contributed by atoms with van der Waals surface area (Å²) < 4.78 is 88.5. The molecule has 3 aliphatic rings. The molecule has 3 aromatic rings. The third kappa shape index (κ3) is 7.34. The Balaban J connectivity index is 1.36. The first-order valence-electron chi connectivity index (χ1n) is 16.4. The molecular formula is C37H33BClF6NO5. The van der Waals surface area contributed by atoms with E-state index in [-0.39, 0.29) is 30.5 Å². The molecule has 14 heteroatoms. The van der Waals surface area contributed by atoms with Crippen LogP contribution in [0.5, 0.6) is 5.75 Å². The van der Waals surface area contributed by atoms with E-state index in [0.717, 1.165) is 22.3 Å².